The summed E-state index contributed by atoms with van der Waals surface area (Å²) in [4.78, 5) is 0. The van der Waals surface area contributed by atoms with Crippen LogP contribution < -0.4 is 14.8 Å². The van der Waals surface area contributed by atoms with Gasteiger partial charge in [0.1, 0.15) is 23.0 Å². The van der Waals surface area contributed by atoms with E-state index in [1.54, 1.807) is 14.2 Å². The molecule has 3 aromatic rings. The second-order valence-electron chi connectivity index (χ2n) is 7.30. The second kappa shape index (κ2) is 7.58. The van der Waals surface area contributed by atoms with Crippen LogP contribution in [0.3, 0.4) is 0 Å². The molecule has 0 amide bonds. The molecule has 2 aromatic carbocycles. The van der Waals surface area contributed by atoms with Gasteiger partial charge in [0.2, 0.25) is 0 Å². The first kappa shape index (κ1) is 18.4. The van der Waals surface area contributed by atoms with Crippen LogP contribution in [-0.2, 0) is 6.42 Å². The summed E-state index contributed by atoms with van der Waals surface area (Å²) in [7, 11) is 3.38. The first-order valence-corrected chi connectivity index (χ1v) is 9.78. The van der Waals surface area contributed by atoms with Crippen LogP contribution in [-0.4, -0.2) is 30.5 Å². The van der Waals surface area contributed by atoms with E-state index >= 15 is 0 Å². The molecule has 0 aliphatic carbocycles. The van der Waals surface area contributed by atoms with Gasteiger partial charge in [0.05, 0.1) is 25.5 Å². The van der Waals surface area contributed by atoms with Crippen molar-refractivity contribution in [1.29, 1.82) is 0 Å². The fourth-order valence-electron chi connectivity index (χ4n) is 4.01. The lowest BCUT2D eigenvalue weighted by Gasteiger charge is -2.12. The molecule has 0 bridgehead atoms. The molecule has 4 rings (SSSR count). The highest BCUT2D eigenvalue weighted by atomic mass is 16.5. The molecule has 0 unspecified atom stereocenters. The Hall–Kier alpha value is -2.95. The predicted molar refractivity (Wildman–Crippen MR) is 113 cm³/mol. The second-order valence-corrected chi connectivity index (χ2v) is 7.30. The number of anilines is 1. The molecule has 28 heavy (non-hydrogen) atoms. The molecule has 5 heteroatoms. The Morgan fingerprint density at radius 3 is 2.43 bits per heavy atom. The number of nitrogens with one attached hydrogen (secondary N) is 1. The Balaban J connectivity index is 1.99. The maximum absolute atomic E-state index is 5.67. The number of rotatable bonds is 4. The minimum Gasteiger partial charge on any atom is -0.496 e. The van der Waals surface area contributed by atoms with E-state index in [0.717, 1.165) is 60.1 Å². The first-order chi connectivity index (χ1) is 13.6. The molecule has 0 fully saturated rings. The number of benzene rings is 2. The minimum absolute atomic E-state index is 0.775. The van der Waals surface area contributed by atoms with Gasteiger partial charge in [-0.3, -0.25) is 0 Å². The van der Waals surface area contributed by atoms with Crippen molar-refractivity contribution in [2.45, 2.75) is 33.1 Å². The molecule has 0 saturated carbocycles. The third kappa shape index (κ3) is 3.11. The Bertz CT molecular complexity index is 985. The maximum Gasteiger partial charge on any atom is 0.133 e. The first-order valence-electron chi connectivity index (χ1n) is 9.78. The fourth-order valence-corrected chi connectivity index (χ4v) is 4.01. The van der Waals surface area contributed by atoms with Crippen LogP contribution in [0.1, 0.15) is 29.5 Å². The van der Waals surface area contributed by atoms with Crippen molar-refractivity contribution in [1.82, 2.24) is 9.78 Å². The molecule has 0 spiro atoms. The zero-order valence-electron chi connectivity index (χ0n) is 17.0. The van der Waals surface area contributed by atoms with Crippen LogP contribution in [0.15, 0.2) is 36.4 Å². The van der Waals surface area contributed by atoms with Gasteiger partial charge in [0.25, 0.3) is 0 Å². The van der Waals surface area contributed by atoms with Gasteiger partial charge in [-0.05, 0) is 56.9 Å². The van der Waals surface area contributed by atoms with Crippen LogP contribution >= 0.6 is 0 Å². The van der Waals surface area contributed by atoms with Crippen molar-refractivity contribution in [2.75, 3.05) is 26.1 Å². The van der Waals surface area contributed by atoms with E-state index in [1.807, 2.05) is 18.2 Å². The van der Waals surface area contributed by atoms with Crippen LogP contribution in [0.25, 0.3) is 16.9 Å². The fraction of sp³-hybridized carbons (Fsp3) is 0.348. The number of aromatic nitrogens is 2. The summed E-state index contributed by atoms with van der Waals surface area (Å²) in [5.74, 6) is 2.63. The quantitative estimate of drug-likeness (QED) is 0.701. The largest absolute Gasteiger partial charge is 0.496 e. The smallest absolute Gasteiger partial charge is 0.133 e. The monoisotopic (exact) mass is 377 g/mol. The Morgan fingerprint density at radius 1 is 1.00 bits per heavy atom. The summed E-state index contributed by atoms with van der Waals surface area (Å²) in [5, 5.41) is 8.69. The van der Waals surface area contributed by atoms with Gasteiger partial charge in [-0.25, -0.2) is 4.68 Å². The molecule has 1 aliphatic rings. The van der Waals surface area contributed by atoms with Gasteiger partial charge in [-0.1, -0.05) is 23.8 Å². The van der Waals surface area contributed by atoms with Gasteiger partial charge < -0.3 is 14.8 Å². The lowest BCUT2D eigenvalue weighted by atomic mass is 10.0. The number of aryl methyl sites for hydroxylation is 2. The zero-order valence-corrected chi connectivity index (χ0v) is 17.0. The topological polar surface area (TPSA) is 48.3 Å². The van der Waals surface area contributed by atoms with Crippen LogP contribution in [0, 0.1) is 13.8 Å². The van der Waals surface area contributed by atoms with E-state index in [0.29, 0.717) is 0 Å². The SMILES string of the molecule is COc1cccc(OC)c1-c1nn(-c2ccc(C)cc2C)c2c1CCCCN2. The molecular formula is C23H27N3O2. The predicted octanol–water partition coefficient (Wildman–Crippen LogP) is 4.92. The number of fused-ring (bicyclic) bond motifs is 1. The third-order valence-corrected chi connectivity index (χ3v) is 5.37. The molecule has 1 aliphatic heterocycles. The lowest BCUT2D eigenvalue weighted by molar-refractivity contribution is 0.397. The van der Waals surface area contributed by atoms with Gasteiger partial charge in [-0.15, -0.1) is 0 Å². The molecule has 146 valence electrons. The number of methoxy groups -OCH3 is 2. The Kier molecular flexibility index (Phi) is 4.99. The zero-order chi connectivity index (χ0) is 19.7. The number of ether oxygens (including phenoxy) is 2. The van der Waals surface area contributed by atoms with Crippen molar-refractivity contribution in [2.24, 2.45) is 0 Å². The van der Waals surface area contributed by atoms with E-state index in [4.69, 9.17) is 14.6 Å². The minimum atomic E-state index is 0.775. The van der Waals surface area contributed by atoms with Gasteiger partial charge in [-0.2, -0.15) is 5.10 Å². The van der Waals surface area contributed by atoms with E-state index in [2.05, 4.69) is 42.0 Å². The maximum atomic E-state index is 5.67. The third-order valence-electron chi connectivity index (χ3n) is 5.37. The molecule has 5 nitrogen and oxygen atoms in total. The molecule has 1 aromatic heterocycles. The van der Waals surface area contributed by atoms with Gasteiger partial charge in [0.15, 0.2) is 0 Å². The molecule has 1 N–H and O–H groups in total. The molecule has 0 atom stereocenters. The van der Waals surface area contributed by atoms with Crippen molar-refractivity contribution in [3.63, 3.8) is 0 Å². The van der Waals surface area contributed by atoms with Crippen LogP contribution in [0.2, 0.25) is 0 Å². The van der Waals surface area contributed by atoms with Gasteiger partial charge >= 0.3 is 0 Å². The highest BCUT2D eigenvalue weighted by Crippen LogP contribution is 2.43. The van der Waals surface area contributed by atoms with E-state index in [1.165, 1.54) is 16.7 Å². The number of hydrogen-bond acceptors (Lipinski definition) is 4. The molecular weight excluding hydrogens is 350 g/mol. The Labute approximate surface area is 166 Å². The normalized spacial score (nSPS) is 13.4. The van der Waals surface area contributed by atoms with Crippen molar-refractivity contribution in [3.8, 4) is 28.4 Å². The summed E-state index contributed by atoms with van der Waals surface area (Å²) < 4.78 is 13.4. The summed E-state index contributed by atoms with van der Waals surface area (Å²) >= 11 is 0. The average Bonchev–Trinajstić information content (AvgIpc) is 2.88. The highest BCUT2D eigenvalue weighted by Gasteiger charge is 2.26. The summed E-state index contributed by atoms with van der Waals surface area (Å²) in [5.41, 5.74) is 6.61. The average molecular weight is 377 g/mol. The highest BCUT2D eigenvalue weighted by molar-refractivity contribution is 5.80. The van der Waals surface area contributed by atoms with Crippen molar-refractivity contribution in [3.05, 3.63) is 53.1 Å². The van der Waals surface area contributed by atoms with Crippen LogP contribution in [0.5, 0.6) is 11.5 Å². The van der Waals surface area contributed by atoms with Crippen molar-refractivity contribution >= 4 is 5.82 Å². The summed E-state index contributed by atoms with van der Waals surface area (Å²) in [6, 6.07) is 12.3. The van der Waals surface area contributed by atoms with E-state index in [-0.39, 0.29) is 0 Å². The molecule has 0 saturated heterocycles. The molecule has 2 heterocycles. The Morgan fingerprint density at radius 2 is 1.75 bits per heavy atom. The lowest BCUT2D eigenvalue weighted by Crippen LogP contribution is -2.08. The van der Waals surface area contributed by atoms with Gasteiger partial charge in [0, 0.05) is 12.1 Å². The standard InChI is InChI=1S/C23H27N3O2/c1-15-11-12-18(16(2)14-15)26-23-17(8-5-6-13-24-23)22(25-26)21-19(27-3)9-7-10-20(21)28-4/h7,9-12,14,24H,5-6,8,13H2,1-4H3. The van der Waals surface area contributed by atoms with Crippen LogP contribution in [0.4, 0.5) is 5.82 Å². The summed E-state index contributed by atoms with van der Waals surface area (Å²) in [6.07, 6.45) is 3.25. The van der Waals surface area contributed by atoms with Crippen molar-refractivity contribution < 1.29 is 9.47 Å². The van der Waals surface area contributed by atoms with E-state index in [9.17, 15) is 0 Å². The van der Waals surface area contributed by atoms with E-state index < -0.39 is 0 Å². The number of nitrogens with zero attached hydrogens (tertiary/aromatic N) is 2. The summed E-state index contributed by atoms with van der Waals surface area (Å²) in [6.45, 7) is 5.20. The molecule has 0 radical (unpaired) electrons. The number of hydrogen-bond donors (Lipinski definition) is 1.